The molecule has 0 unspecified atom stereocenters. The molecule has 3 fully saturated rings. The van der Waals surface area contributed by atoms with Crippen molar-refractivity contribution in [3.8, 4) is 5.88 Å². The number of carbonyl (C=O) groups excluding carboxylic acids is 1. The number of aliphatic hydroxyl groups is 1. The number of aromatic nitrogens is 4. The number of piperidine rings is 2. The summed E-state index contributed by atoms with van der Waals surface area (Å²) >= 11 is 0. The highest BCUT2D eigenvalue weighted by Crippen LogP contribution is 2.29. The molecule has 3 aliphatic rings. The molecule has 6 heterocycles. The van der Waals surface area contributed by atoms with Gasteiger partial charge in [-0.15, -0.1) is 0 Å². The average molecular weight is 734 g/mol. The number of amides is 1. The lowest BCUT2D eigenvalue weighted by molar-refractivity contribution is 0.0159. The number of carbonyl (C=O) groups is 1. The fourth-order valence-corrected chi connectivity index (χ4v) is 7.86. The summed E-state index contributed by atoms with van der Waals surface area (Å²) in [5.74, 6) is 3.16. The number of anilines is 2. The summed E-state index contributed by atoms with van der Waals surface area (Å²) in [6, 6.07) is 6.43. The highest BCUT2D eigenvalue weighted by Gasteiger charge is 2.29. The van der Waals surface area contributed by atoms with E-state index in [9.17, 15) is 9.90 Å². The number of hydrogen-bond donors (Lipinski definition) is 2. The SMILES string of the molecule is CCc1cnn2c(NCc3ccc(OCCCCN4CCN(CC5CCN(C(=O)OC(C)(C)C)CC5)CC4)nc3)cc(N3CCCC[C@H]3CCO)nc12. The number of fused-ring (bicyclic) bond motifs is 1. The van der Waals surface area contributed by atoms with E-state index in [1.807, 2.05) is 48.6 Å². The Bertz CT molecular complexity index is 1580. The Hall–Kier alpha value is -3.68. The van der Waals surface area contributed by atoms with Crippen LogP contribution in [-0.4, -0.2) is 129 Å². The zero-order valence-corrected chi connectivity index (χ0v) is 32.6. The molecule has 0 spiro atoms. The summed E-state index contributed by atoms with van der Waals surface area (Å²) < 4.78 is 13.5. The molecule has 1 amide bonds. The van der Waals surface area contributed by atoms with Crippen LogP contribution >= 0.6 is 0 Å². The van der Waals surface area contributed by atoms with Crippen LogP contribution in [0.1, 0.15) is 90.2 Å². The molecule has 3 aromatic rings. The lowest BCUT2D eigenvalue weighted by Crippen LogP contribution is -2.49. The number of pyridine rings is 1. The van der Waals surface area contributed by atoms with Crippen LogP contribution in [0.25, 0.3) is 5.65 Å². The molecule has 3 aliphatic heterocycles. The van der Waals surface area contributed by atoms with Crippen LogP contribution < -0.4 is 15.0 Å². The van der Waals surface area contributed by atoms with E-state index in [0.29, 0.717) is 31.0 Å². The van der Waals surface area contributed by atoms with Crippen molar-refractivity contribution in [3.05, 3.63) is 41.7 Å². The maximum Gasteiger partial charge on any atom is 0.410 e. The number of ether oxygens (including phenoxy) is 2. The van der Waals surface area contributed by atoms with E-state index in [1.54, 1.807) is 0 Å². The van der Waals surface area contributed by atoms with E-state index in [-0.39, 0.29) is 12.7 Å². The second kappa shape index (κ2) is 18.6. The molecule has 3 saturated heterocycles. The lowest BCUT2D eigenvalue weighted by Gasteiger charge is -2.39. The van der Waals surface area contributed by atoms with Crippen LogP contribution in [-0.2, 0) is 17.7 Å². The van der Waals surface area contributed by atoms with Crippen molar-refractivity contribution < 1.29 is 19.4 Å². The van der Waals surface area contributed by atoms with Gasteiger partial charge in [-0.1, -0.05) is 13.0 Å². The molecule has 0 bridgehead atoms. The molecule has 6 rings (SSSR count). The van der Waals surface area contributed by atoms with Crippen LogP contribution in [0.5, 0.6) is 5.88 Å². The standard InChI is InChI=1S/C40H63N9O4/c1-5-33-29-43-49-35(26-36(44-38(33)49)48-17-7-6-10-34(48)15-24-50)41-27-32-11-12-37(42-28-32)52-25-9-8-16-45-20-22-46(23-21-45)30-31-13-18-47(19-14-31)39(51)53-40(2,3)4/h11-12,26,28-29,31,34,41,50H,5-10,13-25,27,30H2,1-4H3/t34-/m0/s1. The lowest BCUT2D eigenvalue weighted by atomic mass is 9.96. The van der Waals surface area contributed by atoms with Gasteiger partial charge in [-0.05, 0) is 96.6 Å². The molecule has 53 heavy (non-hydrogen) atoms. The van der Waals surface area contributed by atoms with Crippen molar-refractivity contribution in [2.24, 2.45) is 5.92 Å². The van der Waals surface area contributed by atoms with Gasteiger partial charge < -0.3 is 39.5 Å². The highest BCUT2D eigenvalue weighted by atomic mass is 16.6. The number of aliphatic hydroxyl groups excluding tert-OH is 1. The van der Waals surface area contributed by atoms with Gasteiger partial charge in [-0.25, -0.2) is 14.8 Å². The third-order valence-electron chi connectivity index (χ3n) is 10.9. The van der Waals surface area contributed by atoms with Gasteiger partial charge >= 0.3 is 6.09 Å². The Labute approximate surface area is 316 Å². The van der Waals surface area contributed by atoms with E-state index in [1.165, 1.54) is 6.42 Å². The molecule has 0 radical (unpaired) electrons. The molecule has 2 N–H and O–H groups in total. The minimum atomic E-state index is -0.439. The molecule has 0 aromatic carbocycles. The zero-order valence-electron chi connectivity index (χ0n) is 32.6. The molecule has 0 aliphatic carbocycles. The number of piperazine rings is 1. The first-order chi connectivity index (χ1) is 25.7. The van der Waals surface area contributed by atoms with Gasteiger partial charge in [0.05, 0.1) is 12.8 Å². The van der Waals surface area contributed by atoms with Gasteiger partial charge in [-0.2, -0.15) is 9.61 Å². The molecule has 1 atom stereocenters. The predicted molar refractivity (Wildman–Crippen MR) is 209 cm³/mol. The number of unbranched alkanes of at least 4 members (excludes halogenated alkanes) is 1. The monoisotopic (exact) mass is 734 g/mol. The van der Waals surface area contributed by atoms with E-state index in [2.05, 4.69) is 49.2 Å². The van der Waals surface area contributed by atoms with Crippen molar-refractivity contribution in [2.45, 2.75) is 104 Å². The number of rotatable bonds is 15. The van der Waals surface area contributed by atoms with Crippen molar-refractivity contribution in [1.29, 1.82) is 0 Å². The maximum absolute atomic E-state index is 12.4. The Balaban J connectivity index is 0.884. The summed E-state index contributed by atoms with van der Waals surface area (Å²) in [7, 11) is 0. The first-order valence-corrected chi connectivity index (χ1v) is 20.2. The van der Waals surface area contributed by atoms with E-state index < -0.39 is 5.60 Å². The predicted octanol–water partition coefficient (Wildman–Crippen LogP) is 5.46. The van der Waals surface area contributed by atoms with Gasteiger partial charge in [0.1, 0.15) is 17.2 Å². The minimum Gasteiger partial charge on any atom is -0.478 e. The molecule has 13 nitrogen and oxygen atoms in total. The fraction of sp³-hybridized carbons (Fsp3) is 0.700. The summed E-state index contributed by atoms with van der Waals surface area (Å²) in [6.45, 7) is 18.6. The maximum atomic E-state index is 12.4. The first-order valence-electron chi connectivity index (χ1n) is 20.2. The third-order valence-corrected chi connectivity index (χ3v) is 10.9. The van der Waals surface area contributed by atoms with E-state index in [4.69, 9.17) is 14.5 Å². The van der Waals surface area contributed by atoms with Gasteiger partial charge in [0, 0.05) is 95.4 Å². The molecular formula is C40H63N9O4. The average Bonchev–Trinajstić information content (AvgIpc) is 3.58. The quantitative estimate of drug-likeness (QED) is 0.194. The third kappa shape index (κ3) is 10.9. The topological polar surface area (TPSA) is 124 Å². The molecule has 0 saturated carbocycles. The number of nitrogens with one attached hydrogen (secondary N) is 1. The fourth-order valence-electron chi connectivity index (χ4n) is 7.86. The number of likely N-dealkylation sites (tertiary alicyclic amines) is 1. The van der Waals surface area contributed by atoms with Crippen molar-refractivity contribution in [2.75, 3.05) is 82.3 Å². The second-order valence-corrected chi connectivity index (χ2v) is 16.1. The Morgan fingerprint density at radius 3 is 2.49 bits per heavy atom. The van der Waals surface area contributed by atoms with Crippen LogP contribution in [0.4, 0.5) is 16.4 Å². The number of hydrogen-bond acceptors (Lipinski definition) is 11. The van der Waals surface area contributed by atoms with Crippen molar-refractivity contribution in [3.63, 3.8) is 0 Å². The molecule has 13 heteroatoms. The first kappa shape index (κ1) is 39.0. The molecule has 3 aromatic heterocycles. The van der Waals surface area contributed by atoms with Crippen molar-refractivity contribution >= 4 is 23.4 Å². The van der Waals surface area contributed by atoms with Crippen LogP contribution in [0.15, 0.2) is 30.6 Å². The van der Waals surface area contributed by atoms with Crippen LogP contribution in [0, 0.1) is 5.92 Å². The smallest absolute Gasteiger partial charge is 0.410 e. The normalized spacial score (nSPS) is 19.5. The number of nitrogens with zero attached hydrogens (tertiary/aromatic N) is 8. The minimum absolute atomic E-state index is 0.173. The van der Waals surface area contributed by atoms with Gasteiger partial charge in [0.15, 0.2) is 5.65 Å². The highest BCUT2D eigenvalue weighted by molar-refractivity contribution is 5.68. The van der Waals surface area contributed by atoms with Crippen LogP contribution in [0.2, 0.25) is 0 Å². The Morgan fingerprint density at radius 2 is 1.77 bits per heavy atom. The summed E-state index contributed by atoms with van der Waals surface area (Å²) in [4.78, 5) is 31.5. The number of aryl methyl sites for hydroxylation is 1. The van der Waals surface area contributed by atoms with Gasteiger partial charge in [0.25, 0.3) is 0 Å². The summed E-state index contributed by atoms with van der Waals surface area (Å²) in [6.07, 6.45) is 12.9. The summed E-state index contributed by atoms with van der Waals surface area (Å²) in [5.41, 5.74) is 2.63. The molecular weight excluding hydrogens is 670 g/mol. The second-order valence-electron chi connectivity index (χ2n) is 16.1. The van der Waals surface area contributed by atoms with Gasteiger partial charge in [0.2, 0.25) is 5.88 Å². The Morgan fingerprint density at radius 1 is 0.981 bits per heavy atom. The van der Waals surface area contributed by atoms with Crippen LogP contribution in [0.3, 0.4) is 0 Å². The molecule has 292 valence electrons. The van der Waals surface area contributed by atoms with Gasteiger partial charge in [-0.3, -0.25) is 0 Å². The van der Waals surface area contributed by atoms with Crippen molar-refractivity contribution in [1.82, 2.24) is 34.3 Å². The largest absolute Gasteiger partial charge is 0.478 e. The zero-order chi connectivity index (χ0) is 37.2. The summed E-state index contributed by atoms with van der Waals surface area (Å²) in [5, 5.41) is 17.9. The van der Waals surface area contributed by atoms with E-state index >= 15 is 0 Å². The Kier molecular flexibility index (Phi) is 13.7. The van der Waals surface area contributed by atoms with E-state index in [0.717, 1.165) is 139 Å².